The molecule has 1 aliphatic rings. The molecular weight excluding hydrogens is 414 g/mol. The van der Waals surface area contributed by atoms with Gasteiger partial charge in [0, 0.05) is 50.3 Å². The molecule has 7 nitrogen and oxygen atoms in total. The van der Waals surface area contributed by atoms with E-state index in [1.165, 1.54) is 0 Å². The van der Waals surface area contributed by atoms with Gasteiger partial charge in [-0.1, -0.05) is 42.5 Å². The zero-order valence-corrected chi connectivity index (χ0v) is 18.2. The van der Waals surface area contributed by atoms with Crippen LogP contribution in [0.25, 0.3) is 11.3 Å². The quantitative estimate of drug-likeness (QED) is 0.514. The monoisotopic (exact) mass is 439 g/mol. The minimum Gasteiger partial charge on any atom is -0.506 e. The fourth-order valence-electron chi connectivity index (χ4n) is 4.20. The number of rotatable bonds is 5. The maximum atomic E-state index is 13.6. The minimum atomic E-state index is -0.0369. The first-order valence-corrected chi connectivity index (χ1v) is 11.0. The summed E-state index contributed by atoms with van der Waals surface area (Å²) >= 11 is 0. The highest BCUT2D eigenvalue weighted by Gasteiger charge is 2.27. The van der Waals surface area contributed by atoms with Crippen LogP contribution in [-0.2, 0) is 6.54 Å². The highest BCUT2D eigenvalue weighted by molar-refractivity contribution is 6.00. The number of phenols is 1. The van der Waals surface area contributed by atoms with Gasteiger partial charge >= 0.3 is 0 Å². The van der Waals surface area contributed by atoms with Crippen molar-refractivity contribution in [2.24, 2.45) is 0 Å². The summed E-state index contributed by atoms with van der Waals surface area (Å²) < 4.78 is 1.82. The largest absolute Gasteiger partial charge is 0.506 e. The summed E-state index contributed by atoms with van der Waals surface area (Å²) in [6.07, 6.45) is 5.29. The molecule has 0 unspecified atom stereocenters. The van der Waals surface area contributed by atoms with Gasteiger partial charge in [-0.3, -0.25) is 14.5 Å². The Morgan fingerprint density at radius 1 is 0.909 bits per heavy atom. The molecule has 1 saturated heterocycles. The molecule has 0 aliphatic carbocycles. The number of pyridine rings is 1. The average Bonchev–Trinajstić information content (AvgIpc) is 3.29. The molecule has 2 aromatic heterocycles. The third-order valence-electron chi connectivity index (χ3n) is 5.90. The van der Waals surface area contributed by atoms with Gasteiger partial charge in [0.05, 0.1) is 17.8 Å². The Labute approximate surface area is 192 Å². The lowest BCUT2D eigenvalue weighted by atomic mass is 10.1. The summed E-state index contributed by atoms with van der Waals surface area (Å²) in [5.74, 6) is 0.225. The van der Waals surface area contributed by atoms with E-state index in [9.17, 15) is 9.90 Å². The van der Waals surface area contributed by atoms with Crippen LogP contribution in [0.1, 0.15) is 15.9 Å². The Morgan fingerprint density at radius 2 is 1.67 bits per heavy atom. The van der Waals surface area contributed by atoms with Crippen LogP contribution in [0.5, 0.6) is 5.75 Å². The standard InChI is InChI=1S/C26H25N5O2/c32-24-11-5-4-10-23(24)29-13-15-30(16-14-29)26(33)22-19-31(18-20-7-2-1-3-8-20)28-25(22)21-9-6-12-27-17-21/h1-12,17,19,32H,13-16,18H2. The number of benzene rings is 2. The van der Waals surface area contributed by atoms with Gasteiger partial charge in [0.25, 0.3) is 5.91 Å². The number of aromatic nitrogens is 3. The van der Waals surface area contributed by atoms with Gasteiger partial charge in [0.2, 0.25) is 0 Å². The van der Waals surface area contributed by atoms with E-state index in [1.807, 2.05) is 76.4 Å². The van der Waals surface area contributed by atoms with E-state index in [2.05, 4.69) is 9.88 Å². The topological polar surface area (TPSA) is 74.5 Å². The average molecular weight is 440 g/mol. The number of carbonyl (C=O) groups is 1. The second-order valence-corrected chi connectivity index (χ2v) is 8.08. The maximum absolute atomic E-state index is 13.6. The van der Waals surface area contributed by atoms with Gasteiger partial charge in [-0.25, -0.2) is 0 Å². The molecule has 0 radical (unpaired) electrons. The number of hydrogen-bond donors (Lipinski definition) is 1. The van der Waals surface area contributed by atoms with Crippen molar-refractivity contribution in [3.05, 3.63) is 96.4 Å². The third kappa shape index (κ3) is 4.43. The van der Waals surface area contributed by atoms with E-state index in [0.29, 0.717) is 44.0 Å². The van der Waals surface area contributed by atoms with Crippen molar-refractivity contribution in [1.29, 1.82) is 0 Å². The summed E-state index contributed by atoms with van der Waals surface area (Å²) in [4.78, 5) is 21.7. The molecule has 1 aliphatic heterocycles. The SMILES string of the molecule is O=C(c1cn(Cc2ccccc2)nc1-c1cccnc1)N1CCN(c2ccccc2O)CC1. The number of aromatic hydroxyl groups is 1. The van der Waals surface area contributed by atoms with E-state index >= 15 is 0 Å². The van der Waals surface area contributed by atoms with E-state index < -0.39 is 0 Å². The Bertz CT molecular complexity index is 1230. The van der Waals surface area contributed by atoms with Crippen molar-refractivity contribution < 1.29 is 9.90 Å². The Kier molecular flexibility index (Phi) is 5.76. The number of hydrogen-bond acceptors (Lipinski definition) is 5. The lowest BCUT2D eigenvalue weighted by Gasteiger charge is -2.36. The zero-order chi connectivity index (χ0) is 22.6. The highest BCUT2D eigenvalue weighted by Crippen LogP contribution is 2.28. The van der Waals surface area contributed by atoms with Crippen LogP contribution in [0.2, 0.25) is 0 Å². The molecule has 0 spiro atoms. The second-order valence-electron chi connectivity index (χ2n) is 8.08. The van der Waals surface area contributed by atoms with Crippen LogP contribution in [-0.4, -0.2) is 56.9 Å². The molecule has 2 aromatic carbocycles. The lowest BCUT2D eigenvalue weighted by molar-refractivity contribution is 0.0747. The first kappa shape index (κ1) is 20.8. The summed E-state index contributed by atoms with van der Waals surface area (Å²) in [5, 5.41) is 14.9. The van der Waals surface area contributed by atoms with Crippen molar-refractivity contribution in [2.45, 2.75) is 6.54 Å². The third-order valence-corrected chi connectivity index (χ3v) is 5.90. The van der Waals surface area contributed by atoms with E-state index in [1.54, 1.807) is 18.5 Å². The summed E-state index contributed by atoms with van der Waals surface area (Å²) in [6.45, 7) is 3.04. The van der Waals surface area contributed by atoms with E-state index in [-0.39, 0.29) is 11.7 Å². The molecule has 3 heterocycles. The number of para-hydroxylation sites is 2. The van der Waals surface area contributed by atoms with Crippen LogP contribution < -0.4 is 4.90 Å². The predicted octanol–water partition coefficient (Wildman–Crippen LogP) is 3.66. The van der Waals surface area contributed by atoms with E-state index in [4.69, 9.17) is 5.10 Å². The second kappa shape index (κ2) is 9.16. The van der Waals surface area contributed by atoms with Gasteiger partial charge in [0.1, 0.15) is 11.4 Å². The molecule has 7 heteroatoms. The first-order valence-electron chi connectivity index (χ1n) is 11.0. The van der Waals surface area contributed by atoms with Crippen molar-refractivity contribution in [1.82, 2.24) is 19.7 Å². The minimum absolute atomic E-state index is 0.0369. The molecule has 0 bridgehead atoms. The fourth-order valence-corrected chi connectivity index (χ4v) is 4.20. The molecule has 1 N–H and O–H groups in total. The van der Waals surface area contributed by atoms with Crippen molar-refractivity contribution in [3.63, 3.8) is 0 Å². The summed E-state index contributed by atoms with van der Waals surface area (Å²) in [6, 6.07) is 21.2. The van der Waals surface area contributed by atoms with Crippen molar-refractivity contribution in [2.75, 3.05) is 31.1 Å². The number of carbonyl (C=O) groups excluding carboxylic acids is 1. The van der Waals surface area contributed by atoms with Gasteiger partial charge in [-0.2, -0.15) is 5.10 Å². The fraction of sp³-hybridized carbons (Fsp3) is 0.192. The number of piperazine rings is 1. The zero-order valence-electron chi connectivity index (χ0n) is 18.2. The predicted molar refractivity (Wildman–Crippen MR) is 127 cm³/mol. The Morgan fingerprint density at radius 3 is 2.39 bits per heavy atom. The number of nitrogens with zero attached hydrogens (tertiary/aromatic N) is 5. The van der Waals surface area contributed by atoms with Crippen molar-refractivity contribution >= 4 is 11.6 Å². The van der Waals surface area contributed by atoms with Gasteiger partial charge in [-0.05, 0) is 29.8 Å². The molecule has 33 heavy (non-hydrogen) atoms. The van der Waals surface area contributed by atoms with Crippen LogP contribution in [0.3, 0.4) is 0 Å². The smallest absolute Gasteiger partial charge is 0.257 e. The molecule has 166 valence electrons. The van der Waals surface area contributed by atoms with E-state index in [0.717, 1.165) is 16.8 Å². The Balaban J connectivity index is 1.38. The number of anilines is 1. The molecule has 4 aromatic rings. The molecule has 0 saturated carbocycles. The van der Waals surface area contributed by atoms with Crippen LogP contribution >= 0.6 is 0 Å². The Hall–Kier alpha value is -4.13. The summed E-state index contributed by atoms with van der Waals surface area (Å²) in [7, 11) is 0. The molecule has 1 amide bonds. The number of phenolic OH excluding ortho intramolecular Hbond substituents is 1. The van der Waals surface area contributed by atoms with Crippen LogP contribution in [0, 0.1) is 0 Å². The van der Waals surface area contributed by atoms with Crippen molar-refractivity contribution in [3.8, 4) is 17.0 Å². The molecular formula is C26H25N5O2. The van der Waals surface area contributed by atoms with Gasteiger partial charge in [-0.15, -0.1) is 0 Å². The van der Waals surface area contributed by atoms with Gasteiger partial charge < -0.3 is 14.9 Å². The van der Waals surface area contributed by atoms with Crippen LogP contribution in [0.4, 0.5) is 5.69 Å². The maximum Gasteiger partial charge on any atom is 0.257 e. The van der Waals surface area contributed by atoms with Crippen LogP contribution in [0.15, 0.2) is 85.3 Å². The summed E-state index contributed by atoms with van der Waals surface area (Å²) in [5.41, 5.74) is 3.96. The molecule has 1 fully saturated rings. The molecule has 0 atom stereocenters. The first-order chi connectivity index (χ1) is 16.2. The normalized spacial score (nSPS) is 13.8. The highest BCUT2D eigenvalue weighted by atomic mass is 16.3. The van der Waals surface area contributed by atoms with Gasteiger partial charge in [0.15, 0.2) is 0 Å². The number of amides is 1. The lowest BCUT2D eigenvalue weighted by Crippen LogP contribution is -2.48. The molecule has 5 rings (SSSR count).